The highest BCUT2D eigenvalue weighted by Crippen LogP contribution is 2.43. The summed E-state index contributed by atoms with van der Waals surface area (Å²) in [5, 5.41) is 2.77. The van der Waals surface area contributed by atoms with Gasteiger partial charge in [-0.15, -0.1) is 11.3 Å². The summed E-state index contributed by atoms with van der Waals surface area (Å²) in [6, 6.07) is 7.91. The first-order valence-electron chi connectivity index (χ1n) is 5.42. The van der Waals surface area contributed by atoms with Gasteiger partial charge in [0.05, 0.1) is 16.5 Å². The van der Waals surface area contributed by atoms with E-state index < -0.39 is 0 Å². The monoisotopic (exact) mass is 408 g/mol. The molecule has 0 bridgehead atoms. The van der Waals surface area contributed by atoms with E-state index in [1.165, 1.54) is 0 Å². The molecule has 0 saturated carbocycles. The number of hydrogen-bond acceptors (Lipinski definition) is 2. The second-order valence-corrected chi connectivity index (χ2v) is 6.80. The molecule has 0 spiro atoms. The van der Waals surface area contributed by atoms with Gasteiger partial charge in [-0.1, -0.05) is 43.5 Å². The quantitative estimate of drug-likeness (QED) is 0.558. The Morgan fingerprint density at radius 3 is 2.78 bits per heavy atom. The van der Waals surface area contributed by atoms with Crippen molar-refractivity contribution < 1.29 is 4.74 Å². The Labute approximate surface area is 132 Å². The lowest BCUT2D eigenvalue weighted by atomic mass is 10.1. The van der Waals surface area contributed by atoms with Crippen molar-refractivity contribution in [2.24, 2.45) is 0 Å². The van der Waals surface area contributed by atoms with Crippen LogP contribution in [0.5, 0.6) is 5.75 Å². The molecule has 1 nitrogen and oxygen atoms in total. The van der Waals surface area contributed by atoms with Crippen molar-refractivity contribution in [3.8, 4) is 5.75 Å². The zero-order chi connectivity index (χ0) is 13.1. The first kappa shape index (κ1) is 14.4. The number of hydrogen-bond donors (Lipinski definition) is 0. The molecule has 1 heterocycles. The molecule has 5 heteroatoms. The van der Waals surface area contributed by atoms with Crippen LogP contribution in [0.3, 0.4) is 0 Å². The van der Waals surface area contributed by atoms with Crippen molar-refractivity contribution in [3.05, 3.63) is 49.6 Å². The molecular formula is C13H11Br2ClOS. The van der Waals surface area contributed by atoms with E-state index in [1.807, 2.05) is 30.5 Å². The van der Waals surface area contributed by atoms with Crippen LogP contribution in [-0.4, -0.2) is 6.61 Å². The van der Waals surface area contributed by atoms with Crippen LogP contribution in [0.4, 0.5) is 0 Å². The molecule has 0 N–H and O–H groups in total. The first-order chi connectivity index (χ1) is 8.63. The molecule has 1 unspecified atom stereocenters. The van der Waals surface area contributed by atoms with Crippen molar-refractivity contribution in [2.45, 2.75) is 11.8 Å². The minimum atomic E-state index is 0.0454. The van der Waals surface area contributed by atoms with Gasteiger partial charge in [0, 0.05) is 14.9 Å². The number of halogens is 3. The smallest absolute Gasteiger partial charge is 0.124 e. The molecule has 96 valence electrons. The van der Waals surface area contributed by atoms with Crippen LogP contribution >= 0.6 is 54.8 Å². The standard InChI is InChI=1S/C13H11Br2ClOS/c1-2-17-11-4-3-8(14)7-9(11)12(15)13-10(16)5-6-18-13/h3-7,12H,2H2,1H3. The highest BCUT2D eigenvalue weighted by Gasteiger charge is 2.19. The van der Waals surface area contributed by atoms with E-state index in [0.29, 0.717) is 6.61 Å². The Balaban J connectivity index is 2.43. The van der Waals surface area contributed by atoms with Crippen molar-refractivity contribution in [1.82, 2.24) is 0 Å². The molecule has 2 rings (SSSR count). The lowest BCUT2D eigenvalue weighted by Gasteiger charge is -2.15. The minimum absolute atomic E-state index is 0.0454. The van der Waals surface area contributed by atoms with Gasteiger partial charge in [0.15, 0.2) is 0 Å². The summed E-state index contributed by atoms with van der Waals surface area (Å²) in [5.41, 5.74) is 1.08. The summed E-state index contributed by atoms with van der Waals surface area (Å²) in [6.45, 7) is 2.62. The molecule has 1 aromatic heterocycles. The van der Waals surface area contributed by atoms with Gasteiger partial charge >= 0.3 is 0 Å². The van der Waals surface area contributed by atoms with E-state index in [9.17, 15) is 0 Å². The molecule has 0 aliphatic carbocycles. The van der Waals surface area contributed by atoms with Crippen LogP contribution in [0.1, 0.15) is 22.2 Å². The van der Waals surface area contributed by atoms with Crippen molar-refractivity contribution in [2.75, 3.05) is 6.61 Å². The SMILES string of the molecule is CCOc1ccc(Br)cc1C(Br)c1sccc1Cl. The van der Waals surface area contributed by atoms with Crippen LogP contribution < -0.4 is 4.74 Å². The van der Waals surface area contributed by atoms with Gasteiger partial charge in [0.1, 0.15) is 5.75 Å². The second kappa shape index (κ2) is 6.42. The molecule has 18 heavy (non-hydrogen) atoms. The zero-order valence-electron chi connectivity index (χ0n) is 9.62. The molecule has 1 atom stereocenters. The molecular weight excluding hydrogens is 399 g/mol. The number of ether oxygens (including phenoxy) is 1. The second-order valence-electron chi connectivity index (χ2n) is 3.61. The normalized spacial score (nSPS) is 12.4. The Morgan fingerprint density at radius 2 is 2.17 bits per heavy atom. The Bertz CT molecular complexity index is 542. The van der Waals surface area contributed by atoms with Gasteiger partial charge in [-0.05, 0) is 36.6 Å². The van der Waals surface area contributed by atoms with Crippen LogP contribution in [0.25, 0.3) is 0 Å². The van der Waals surface area contributed by atoms with Gasteiger partial charge in [-0.2, -0.15) is 0 Å². The van der Waals surface area contributed by atoms with Crippen LogP contribution in [0.15, 0.2) is 34.1 Å². The topological polar surface area (TPSA) is 9.23 Å². The maximum Gasteiger partial charge on any atom is 0.124 e. The van der Waals surface area contributed by atoms with Crippen molar-refractivity contribution in [1.29, 1.82) is 0 Å². The molecule has 1 aromatic carbocycles. The number of alkyl halides is 1. The van der Waals surface area contributed by atoms with E-state index in [2.05, 4.69) is 37.9 Å². The maximum absolute atomic E-state index is 6.18. The fourth-order valence-corrected chi connectivity index (χ4v) is 4.23. The highest BCUT2D eigenvalue weighted by atomic mass is 79.9. The molecule has 0 fully saturated rings. The predicted molar refractivity (Wildman–Crippen MR) is 85.4 cm³/mol. The van der Waals surface area contributed by atoms with Gasteiger partial charge in [0.2, 0.25) is 0 Å². The van der Waals surface area contributed by atoms with Gasteiger partial charge in [0.25, 0.3) is 0 Å². The van der Waals surface area contributed by atoms with Crippen LogP contribution in [0, 0.1) is 0 Å². The largest absolute Gasteiger partial charge is 0.494 e. The summed E-state index contributed by atoms with van der Waals surface area (Å²) in [4.78, 5) is 1.14. The lowest BCUT2D eigenvalue weighted by Crippen LogP contribution is -1.99. The third-order valence-electron chi connectivity index (χ3n) is 2.42. The average molecular weight is 411 g/mol. The van der Waals surface area contributed by atoms with E-state index in [-0.39, 0.29) is 4.83 Å². The fourth-order valence-electron chi connectivity index (χ4n) is 1.63. The summed E-state index contributed by atoms with van der Waals surface area (Å²) >= 11 is 15.0. The van der Waals surface area contributed by atoms with E-state index in [1.54, 1.807) is 11.3 Å². The molecule has 0 amide bonds. The molecule has 0 radical (unpaired) electrons. The maximum atomic E-state index is 6.18. The summed E-state index contributed by atoms with van der Waals surface area (Å²) in [5.74, 6) is 0.882. The van der Waals surface area contributed by atoms with E-state index >= 15 is 0 Å². The summed E-state index contributed by atoms with van der Waals surface area (Å²) in [6.07, 6.45) is 0. The lowest BCUT2D eigenvalue weighted by molar-refractivity contribution is 0.337. The number of benzene rings is 1. The fraction of sp³-hybridized carbons (Fsp3) is 0.231. The first-order valence-corrected chi connectivity index (χ1v) is 8.39. The predicted octanol–water partition coefficient (Wildman–Crippen LogP) is 6.05. The van der Waals surface area contributed by atoms with Gasteiger partial charge in [-0.25, -0.2) is 0 Å². The molecule has 0 saturated heterocycles. The van der Waals surface area contributed by atoms with Crippen LogP contribution in [-0.2, 0) is 0 Å². The Morgan fingerprint density at radius 1 is 1.39 bits per heavy atom. The van der Waals surface area contributed by atoms with Crippen molar-refractivity contribution in [3.63, 3.8) is 0 Å². The van der Waals surface area contributed by atoms with E-state index in [4.69, 9.17) is 16.3 Å². The summed E-state index contributed by atoms with van der Waals surface area (Å²) < 4.78 is 6.69. The van der Waals surface area contributed by atoms with Gasteiger partial charge in [-0.3, -0.25) is 0 Å². The molecule has 0 aliphatic heterocycles. The van der Waals surface area contributed by atoms with E-state index in [0.717, 1.165) is 25.7 Å². The van der Waals surface area contributed by atoms with Gasteiger partial charge < -0.3 is 4.74 Å². The number of thiophene rings is 1. The molecule has 2 aromatic rings. The third-order valence-corrected chi connectivity index (χ3v) is 5.59. The van der Waals surface area contributed by atoms with Crippen molar-refractivity contribution >= 4 is 54.8 Å². The molecule has 0 aliphatic rings. The Kier molecular flexibility index (Phi) is 5.13. The van der Waals surface area contributed by atoms with Crippen LogP contribution in [0.2, 0.25) is 5.02 Å². The third kappa shape index (κ3) is 3.10. The minimum Gasteiger partial charge on any atom is -0.494 e. The number of rotatable bonds is 4. The zero-order valence-corrected chi connectivity index (χ0v) is 14.4. The Hall–Kier alpha value is -0.0300. The summed E-state index contributed by atoms with van der Waals surface area (Å²) in [7, 11) is 0. The average Bonchev–Trinajstić information content (AvgIpc) is 2.77. The highest BCUT2D eigenvalue weighted by molar-refractivity contribution is 9.10.